The molecule has 0 spiro atoms. The van der Waals surface area contributed by atoms with E-state index in [0.717, 1.165) is 20.9 Å². The molecule has 0 saturated carbocycles. The standard InChI is InChI=1S/C12H13BrN2O2/c1-15-6-7(5-10(14)12(16)17)8-3-2-4-9(13)11(8)15/h2-4,6,10H,5,14H2,1H3,(H,16,17). The van der Waals surface area contributed by atoms with Gasteiger partial charge in [-0.3, -0.25) is 4.79 Å². The van der Waals surface area contributed by atoms with Crippen LogP contribution in [0.1, 0.15) is 5.56 Å². The number of carboxylic acids is 1. The summed E-state index contributed by atoms with van der Waals surface area (Å²) in [5, 5.41) is 9.88. The number of aliphatic carboxylic acids is 1. The van der Waals surface area contributed by atoms with Crippen LogP contribution in [0.15, 0.2) is 28.9 Å². The lowest BCUT2D eigenvalue weighted by molar-refractivity contribution is -0.138. The first-order valence-corrected chi connectivity index (χ1v) is 6.01. The zero-order chi connectivity index (χ0) is 12.6. The van der Waals surface area contributed by atoms with Gasteiger partial charge >= 0.3 is 5.97 Å². The van der Waals surface area contributed by atoms with Gasteiger partial charge in [0.25, 0.3) is 0 Å². The van der Waals surface area contributed by atoms with Crippen LogP contribution < -0.4 is 5.73 Å². The lowest BCUT2D eigenvalue weighted by Gasteiger charge is -2.04. The van der Waals surface area contributed by atoms with Crippen LogP contribution >= 0.6 is 15.9 Å². The highest BCUT2D eigenvalue weighted by Gasteiger charge is 2.16. The van der Waals surface area contributed by atoms with E-state index >= 15 is 0 Å². The number of hydrogen-bond donors (Lipinski definition) is 2. The van der Waals surface area contributed by atoms with Gasteiger partial charge in [0.05, 0.1) is 5.52 Å². The molecule has 0 aliphatic carbocycles. The summed E-state index contributed by atoms with van der Waals surface area (Å²) in [6.07, 6.45) is 2.27. The molecule has 1 unspecified atom stereocenters. The second kappa shape index (κ2) is 4.50. The van der Waals surface area contributed by atoms with E-state index in [0.29, 0.717) is 6.42 Å². The zero-order valence-corrected chi connectivity index (χ0v) is 10.9. The number of para-hydroxylation sites is 1. The predicted molar refractivity (Wildman–Crippen MR) is 69.9 cm³/mol. The van der Waals surface area contributed by atoms with Crippen LogP contribution in [-0.2, 0) is 18.3 Å². The maximum absolute atomic E-state index is 10.8. The number of benzene rings is 1. The van der Waals surface area contributed by atoms with Crippen molar-refractivity contribution in [2.45, 2.75) is 12.5 Å². The van der Waals surface area contributed by atoms with E-state index in [9.17, 15) is 4.79 Å². The van der Waals surface area contributed by atoms with Crippen molar-refractivity contribution in [3.8, 4) is 0 Å². The van der Waals surface area contributed by atoms with Crippen LogP contribution in [0, 0.1) is 0 Å². The Balaban J connectivity index is 2.49. The van der Waals surface area contributed by atoms with Gasteiger partial charge in [0.2, 0.25) is 0 Å². The second-order valence-corrected chi connectivity index (χ2v) is 4.90. The molecule has 1 aromatic carbocycles. The van der Waals surface area contributed by atoms with Crippen molar-refractivity contribution in [3.05, 3.63) is 34.4 Å². The number of fused-ring (bicyclic) bond motifs is 1. The van der Waals surface area contributed by atoms with Gasteiger partial charge in [-0.25, -0.2) is 0 Å². The number of aromatic nitrogens is 1. The molecular weight excluding hydrogens is 284 g/mol. The minimum absolute atomic E-state index is 0.336. The molecule has 0 radical (unpaired) electrons. The summed E-state index contributed by atoms with van der Waals surface area (Å²) < 4.78 is 2.97. The molecular formula is C12H13BrN2O2. The Morgan fingerprint density at radius 3 is 2.94 bits per heavy atom. The molecule has 1 atom stereocenters. The third-order valence-electron chi connectivity index (χ3n) is 2.79. The predicted octanol–water partition coefficient (Wildman–Crippen LogP) is 1.90. The van der Waals surface area contributed by atoms with E-state index < -0.39 is 12.0 Å². The summed E-state index contributed by atoms with van der Waals surface area (Å²) >= 11 is 3.49. The quantitative estimate of drug-likeness (QED) is 0.909. The molecule has 0 saturated heterocycles. The van der Waals surface area contributed by atoms with Crippen molar-refractivity contribution in [1.82, 2.24) is 4.57 Å². The lowest BCUT2D eigenvalue weighted by Crippen LogP contribution is -2.32. The number of carboxylic acid groups (broad SMARTS) is 1. The molecule has 0 aliphatic rings. The molecule has 0 bridgehead atoms. The number of hydrogen-bond acceptors (Lipinski definition) is 2. The van der Waals surface area contributed by atoms with E-state index in [1.165, 1.54) is 0 Å². The van der Waals surface area contributed by atoms with Gasteiger partial charge in [0.15, 0.2) is 0 Å². The average Bonchev–Trinajstić information content (AvgIpc) is 2.57. The van der Waals surface area contributed by atoms with Crippen molar-refractivity contribution in [1.29, 1.82) is 0 Å². The molecule has 1 aromatic heterocycles. The molecule has 3 N–H and O–H groups in total. The Hall–Kier alpha value is -1.33. The molecule has 0 amide bonds. The summed E-state index contributed by atoms with van der Waals surface area (Å²) in [7, 11) is 1.93. The maximum atomic E-state index is 10.8. The van der Waals surface area contributed by atoms with E-state index in [-0.39, 0.29) is 0 Å². The second-order valence-electron chi connectivity index (χ2n) is 4.05. The largest absolute Gasteiger partial charge is 0.480 e. The fraction of sp³-hybridized carbons (Fsp3) is 0.250. The number of aryl methyl sites for hydroxylation is 1. The number of nitrogens with zero attached hydrogens (tertiary/aromatic N) is 1. The average molecular weight is 297 g/mol. The van der Waals surface area contributed by atoms with Crippen LogP contribution in [0.25, 0.3) is 10.9 Å². The first kappa shape index (κ1) is 12.1. The van der Waals surface area contributed by atoms with E-state index in [1.807, 2.05) is 36.0 Å². The Kier molecular flexibility index (Phi) is 3.22. The molecule has 2 rings (SSSR count). The molecule has 17 heavy (non-hydrogen) atoms. The SMILES string of the molecule is Cn1cc(CC(N)C(=O)O)c2cccc(Br)c21. The van der Waals surface area contributed by atoms with Crippen molar-refractivity contribution in [3.63, 3.8) is 0 Å². The third kappa shape index (κ3) is 2.21. The Morgan fingerprint density at radius 2 is 2.29 bits per heavy atom. The van der Waals surface area contributed by atoms with E-state index in [1.54, 1.807) is 0 Å². The molecule has 4 nitrogen and oxygen atoms in total. The van der Waals surface area contributed by atoms with Crippen molar-refractivity contribution >= 4 is 32.8 Å². The number of rotatable bonds is 3. The van der Waals surface area contributed by atoms with Crippen LogP contribution in [0.5, 0.6) is 0 Å². The minimum Gasteiger partial charge on any atom is -0.480 e. The van der Waals surface area contributed by atoms with Crippen LogP contribution in [0.3, 0.4) is 0 Å². The molecule has 2 aromatic rings. The first-order chi connectivity index (χ1) is 8.00. The molecule has 0 fully saturated rings. The van der Waals surface area contributed by atoms with Crippen molar-refractivity contribution in [2.24, 2.45) is 12.8 Å². The molecule has 5 heteroatoms. The minimum atomic E-state index is -0.975. The first-order valence-electron chi connectivity index (χ1n) is 5.21. The van der Waals surface area contributed by atoms with E-state index in [2.05, 4.69) is 15.9 Å². The summed E-state index contributed by atoms with van der Waals surface area (Å²) in [5.41, 5.74) is 7.58. The van der Waals surface area contributed by atoms with Gasteiger partial charge in [-0.1, -0.05) is 12.1 Å². The smallest absolute Gasteiger partial charge is 0.320 e. The van der Waals surface area contributed by atoms with Gasteiger partial charge in [-0.05, 0) is 27.6 Å². The van der Waals surface area contributed by atoms with Gasteiger partial charge in [-0.2, -0.15) is 0 Å². The van der Waals surface area contributed by atoms with Crippen LogP contribution in [-0.4, -0.2) is 21.7 Å². The summed E-state index contributed by atoms with van der Waals surface area (Å²) in [6, 6.07) is 5.01. The van der Waals surface area contributed by atoms with Gasteiger partial charge in [0.1, 0.15) is 6.04 Å². The highest BCUT2D eigenvalue weighted by molar-refractivity contribution is 9.10. The fourth-order valence-electron chi connectivity index (χ4n) is 1.99. The van der Waals surface area contributed by atoms with Crippen LogP contribution in [0.4, 0.5) is 0 Å². The summed E-state index contributed by atoms with van der Waals surface area (Å²) in [4.78, 5) is 10.8. The number of halogens is 1. The monoisotopic (exact) mass is 296 g/mol. The molecule has 0 aliphatic heterocycles. The Bertz CT molecular complexity index is 577. The van der Waals surface area contributed by atoms with Gasteiger partial charge in [0, 0.05) is 29.5 Å². The molecule has 90 valence electrons. The van der Waals surface area contributed by atoms with Gasteiger partial charge < -0.3 is 15.4 Å². The van der Waals surface area contributed by atoms with Crippen LogP contribution in [0.2, 0.25) is 0 Å². The topological polar surface area (TPSA) is 68.2 Å². The highest BCUT2D eigenvalue weighted by atomic mass is 79.9. The Labute approximate surface area is 107 Å². The summed E-state index contributed by atoms with van der Waals surface area (Å²) in [6.45, 7) is 0. The molecule has 1 heterocycles. The highest BCUT2D eigenvalue weighted by Crippen LogP contribution is 2.28. The normalized spacial score (nSPS) is 12.9. The Morgan fingerprint density at radius 1 is 1.59 bits per heavy atom. The number of carbonyl (C=O) groups is 1. The van der Waals surface area contributed by atoms with E-state index in [4.69, 9.17) is 10.8 Å². The number of nitrogens with two attached hydrogens (primary N) is 1. The van der Waals surface area contributed by atoms with Gasteiger partial charge in [-0.15, -0.1) is 0 Å². The summed E-state index contributed by atoms with van der Waals surface area (Å²) in [5.74, 6) is -0.975. The zero-order valence-electron chi connectivity index (χ0n) is 9.35. The van der Waals surface area contributed by atoms with Crippen molar-refractivity contribution < 1.29 is 9.90 Å². The third-order valence-corrected chi connectivity index (χ3v) is 3.43. The fourth-order valence-corrected chi connectivity index (χ4v) is 2.63. The maximum Gasteiger partial charge on any atom is 0.320 e. The lowest BCUT2D eigenvalue weighted by atomic mass is 10.1. The van der Waals surface area contributed by atoms with Crippen molar-refractivity contribution in [2.75, 3.05) is 0 Å².